The number of benzene rings is 1. The van der Waals surface area contributed by atoms with Crippen molar-refractivity contribution in [1.82, 2.24) is 4.90 Å². The molecule has 0 aromatic heterocycles. The van der Waals surface area contributed by atoms with Crippen molar-refractivity contribution in [2.45, 2.75) is 39.0 Å². The van der Waals surface area contributed by atoms with Gasteiger partial charge in [0, 0.05) is 13.6 Å². The highest BCUT2D eigenvalue weighted by Crippen LogP contribution is 2.26. The molecule has 0 atom stereocenters. The van der Waals surface area contributed by atoms with E-state index in [0.717, 1.165) is 12.0 Å². The average Bonchev–Trinajstić information content (AvgIpc) is 2.43. The van der Waals surface area contributed by atoms with Crippen molar-refractivity contribution in [3.63, 3.8) is 0 Å². The molecule has 0 bridgehead atoms. The van der Waals surface area contributed by atoms with Gasteiger partial charge in [-0.25, -0.2) is 0 Å². The van der Waals surface area contributed by atoms with Gasteiger partial charge in [-0.2, -0.15) is 0 Å². The average molecular weight is 277 g/mol. The van der Waals surface area contributed by atoms with E-state index in [1.54, 1.807) is 7.05 Å². The number of hydrogen-bond acceptors (Lipinski definition) is 2. The van der Waals surface area contributed by atoms with Crippen LogP contribution in [0, 0.1) is 0 Å². The molecule has 0 radical (unpaired) electrons. The molecule has 0 heterocycles. The molecule has 0 unspecified atom stereocenters. The Labute approximate surface area is 120 Å². The molecule has 0 saturated heterocycles. The first-order valence-electron chi connectivity index (χ1n) is 6.85. The molecule has 110 valence electrons. The first kappa shape index (κ1) is 16.2. The predicted octanol–water partition coefficient (Wildman–Crippen LogP) is 2.46. The number of nitrogens with zero attached hydrogens (tertiary/aromatic N) is 1. The van der Waals surface area contributed by atoms with E-state index in [-0.39, 0.29) is 18.9 Å². The summed E-state index contributed by atoms with van der Waals surface area (Å²) >= 11 is 0. The van der Waals surface area contributed by atoms with Crippen molar-refractivity contribution in [1.29, 1.82) is 0 Å². The van der Waals surface area contributed by atoms with Crippen LogP contribution in [0.2, 0.25) is 0 Å². The van der Waals surface area contributed by atoms with Gasteiger partial charge in [-0.15, -0.1) is 0 Å². The SMILES string of the molecule is CCc1ccc(C(C)(C)C(=O)N(C)CCC(=O)O)cc1. The van der Waals surface area contributed by atoms with Crippen LogP contribution < -0.4 is 0 Å². The number of likely N-dealkylation sites (N-methyl/N-ethyl adjacent to an activating group) is 1. The highest BCUT2D eigenvalue weighted by molar-refractivity contribution is 5.87. The van der Waals surface area contributed by atoms with Gasteiger partial charge < -0.3 is 10.0 Å². The summed E-state index contributed by atoms with van der Waals surface area (Å²) in [4.78, 5) is 24.5. The maximum absolute atomic E-state index is 12.5. The lowest BCUT2D eigenvalue weighted by Gasteiger charge is -2.29. The number of carboxylic acid groups (broad SMARTS) is 1. The molecule has 0 spiro atoms. The van der Waals surface area contributed by atoms with Crippen molar-refractivity contribution in [3.8, 4) is 0 Å². The fourth-order valence-electron chi connectivity index (χ4n) is 2.12. The Kier molecular flexibility index (Phi) is 5.31. The standard InChI is InChI=1S/C16H23NO3/c1-5-12-6-8-13(9-7-12)16(2,3)15(20)17(4)11-10-14(18)19/h6-9H,5,10-11H2,1-4H3,(H,18,19). The third-order valence-corrected chi connectivity index (χ3v) is 3.63. The lowest BCUT2D eigenvalue weighted by molar-refractivity contribution is -0.139. The quantitative estimate of drug-likeness (QED) is 0.869. The summed E-state index contributed by atoms with van der Waals surface area (Å²) in [7, 11) is 1.65. The maximum Gasteiger partial charge on any atom is 0.305 e. The summed E-state index contributed by atoms with van der Waals surface area (Å²) in [6.45, 7) is 6.05. The summed E-state index contributed by atoms with van der Waals surface area (Å²) in [5.41, 5.74) is 1.53. The van der Waals surface area contributed by atoms with Gasteiger partial charge in [0.05, 0.1) is 11.8 Å². The maximum atomic E-state index is 12.5. The third-order valence-electron chi connectivity index (χ3n) is 3.63. The molecule has 1 aromatic rings. The van der Waals surface area contributed by atoms with E-state index in [1.807, 2.05) is 38.1 Å². The summed E-state index contributed by atoms with van der Waals surface area (Å²) in [5, 5.41) is 8.68. The van der Waals surface area contributed by atoms with Crippen LogP contribution in [0.5, 0.6) is 0 Å². The molecule has 0 aliphatic rings. The van der Waals surface area contributed by atoms with Gasteiger partial charge in [0.2, 0.25) is 5.91 Å². The molecule has 4 nitrogen and oxygen atoms in total. The van der Waals surface area contributed by atoms with Crippen LogP contribution in [-0.4, -0.2) is 35.5 Å². The van der Waals surface area contributed by atoms with Crippen molar-refractivity contribution >= 4 is 11.9 Å². The minimum Gasteiger partial charge on any atom is -0.481 e. The van der Waals surface area contributed by atoms with Gasteiger partial charge in [-0.3, -0.25) is 9.59 Å². The smallest absolute Gasteiger partial charge is 0.305 e. The van der Waals surface area contributed by atoms with Crippen LogP contribution in [0.1, 0.15) is 38.3 Å². The highest BCUT2D eigenvalue weighted by Gasteiger charge is 2.32. The van der Waals surface area contributed by atoms with Crippen molar-refractivity contribution in [2.24, 2.45) is 0 Å². The molecular weight excluding hydrogens is 254 g/mol. The fourth-order valence-corrected chi connectivity index (χ4v) is 2.12. The van der Waals surface area contributed by atoms with Crippen LogP contribution >= 0.6 is 0 Å². The molecule has 0 saturated carbocycles. The lowest BCUT2D eigenvalue weighted by atomic mass is 9.82. The van der Waals surface area contributed by atoms with E-state index in [1.165, 1.54) is 10.5 Å². The van der Waals surface area contributed by atoms with E-state index >= 15 is 0 Å². The summed E-state index contributed by atoms with van der Waals surface area (Å²) in [6, 6.07) is 8.01. The van der Waals surface area contributed by atoms with Crippen LogP contribution in [0.15, 0.2) is 24.3 Å². The Hall–Kier alpha value is -1.84. The van der Waals surface area contributed by atoms with Gasteiger partial charge in [0.1, 0.15) is 0 Å². The summed E-state index contributed by atoms with van der Waals surface area (Å²) < 4.78 is 0. The largest absolute Gasteiger partial charge is 0.481 e. The Morgan fingerprint density at radius 3 is 2.20 bits per heavy atom. The first-order chi connectivity index (χ1) is 9.28. The molecule has 4 heteroatoms. The Morgan fingerprint density at radius 2 is 1.75 bits per heavy atom. The second kappa shape index (κ2) is 6.55. The molecule has 0 aliphatic heterocycles. The highest BCUT2D eigenvalue weighted by atomic mass is 16.4. The molecular formula is C16H23NO3. The van der Waals surface area contributed by atoms with Gasteiger partial charge in [-0.05, 0) is 31.4 Å². The van der Waals surface area contributed by atoms with Crippen molar-refractivity contribution < 1.29 is 14.7 Å². The number of carboxylic acids is 1. The molecule has 1 aromatic carbocycles. The van der Waals surface area contributed by atoms with Crippen LogP contribution in [0.25, 0.3) is 0 Å². The van der Waals surface area contributed by atoms with E-state index in [2.05, 4.69) is 6.92 Å². The molecule has 1 amide bonds. The second-order valence-corrected chi connectivity index (χ2v) is 5.55. The normalized spacial score (nSPS) is 11.2. The zero-order valence-corrected chi connectivity index (χ0v) is 12.6. The van der Waals surface area contributed by atoms with Gasteiger partial charge in [-0.1, -0.05) is 31.2 Å². The van der Waals surface area contributed by atoms with Crippen molar-refractivity contribution in [2.75, 3.05) is 13.6 Å². The van der Waals surface area contributed by atoms with E-state index in [0.29, 0.717) is 0 Å². The number of amides is 1. The summed E-state index contributed by atoms with van der Waals surface area (Å²) in [6.07, 6.45) is 0.931. The zero-order chi connectivity index (χ0) is 15.3. The first-order valence-corrected chi connectivity index (χ1v) is 6.85. The Morgan fingerprint density at radius 1 is 1.20 bits per heavy atom. The third kappa shape index (κ3) is 3.83. The fraction of sp³-hybridized carbons (Fsp3) is 0.500. The second-order valence-electron chi connectivity index (χ2n) is 5.55. The molecule has 1 N–H and O–H groups in total. The van der Waals surface area contributed by atoms with Gasteiger partial charge in [0.25, 0.3) is 0 Å². The Balaban J connectivity index is 2.84. The minimum absolute atomic E-state index is 0.0346. The molecule has 1 rings (SSSR count). The minimum atomic E-state index is -0.894. The van der Waals surface area contributed by atoms with Gasteiger partial charge >= 0.3 is 5.97 Å². The monoisotopic (exact) mass is 277 g/mol. The van der Waals surface area contributed by atoms with E-state index < -0.39 is 11.4 Å². The summed E-state index contributed by atoms with van der Waals surface area (Å²) in [5.74, 6) is -0.960. The topological polar surface area (TPSA) is 57.6 Å². The number of hydrogen-bond donors (Lipinski definition) is 1. The molecule has 0 fully saturated rings. The number of rotatable bonds is 6. The number of carbonyl (C=O) groups is 2. The number of aryl methyl sites for hydroxylation is 1. The molecule has 0 aliphatic carbocycles. The number of aliphatic carboxylic acids is 1. The van der Waals surface area contributed by atoms with Gasteiger partial charge in [0.15, 0.2) is 0 Å². The van der Waals surface area contributed by atoms with Crippen LogP contribution in [0.3, 0.4) is 0 Å². The van der Waals surface area contributed by atoms with E-state index in [4.69, 9.17) is 5.11 Å². The zero-order valence-electron chi connectivity index (χ0n) is 12.6. The predicted molar refractivity (Wildman–Crippen MR) is 78.7 cm³/mol. The number of carbonyl (C=O) groups excluding carboxylic acids is 1. The van der Waals surface area contributed by atoms with Crippen LogP contribution in [-0.2, 0) is 21.4 Å². The Bertz CT molecular complexity index is 477. The molecule has 20 heavy (non-hydrogen) atoms. The van der Waals surface area contributed by atoms with Crippen LogP contribution in [0.4, 0.5) is 0 Å². The van der Waals surface area contributed by atoms with E-state index in [9.17, 15) is 9.59 Å². The lowest BCUT2D eigenvalue weighted by Crippen LogP contribution is -2.42. The van der Waals surface area contributed by atoms with Crippen molar-refractivity contribution in [3.05, 3.63) is 35.4 Å².